The smallest absolute Gasteiger partial charge is 0.408 e. The molecule has 6 N–H and O–H groups in total. The third-order valence-corrected chi connectivity index (χ3v) is 20.0. The fraction of sp³-hybridized carbons (Fsp3) is 0.260. The Kier molecular flexibility index (Phi) is 25.1. The fourth-order valence-corrected chi connectivity index (χ4v) is 13.9. The maximum atomic E-state index is 15.3. The van der Waals surface area contributed by atoms with Crippen molar-refractivity contribution in [2.24, 2.45) is 0 Å². The lowest BCUT2D eigenvalue weighted by molar-refractivity contribution is 0.0728. The lowest BCUT2D eigenvalue weighted by atomic mass is 10.1. The molecule has 0 unspecified atom stereocenters. The average Bonchev–Trinajstić information content (AvgIpc) is 1.16. The molecule has 29 nitrogen and oxygen atoms in total. The maximum Gasteiger partial charge on any atom is 0.408 e. The first-order valence-electron chi connectivity index (χ1n) is 35.1. The molecule has 6 aromatic carbocycles. The van der Waals surface area contributed by atoms with Gasteiger partial charge in [0.1, 0.15) is 23.1 Å². The van der Waals surface area contributed by atoms with Gasteiger partial charge < -0.3 is 50.1 Å². The van der Waals surface area contributed by atoms with E-state index >= 15 is 4.39 Å². The first kappa shape index (κ1) is 77.4. The number of hydrogen-bond donors (Lipinski definition) is 4. The molecule has 6 aromatic heterocycles. The number of nitrogens with zero attached hydrogens (tertiary/aromatic N) is 16. The lowest BCUT2D eigenvalue weighted by Gasteiger charge is -2.28. The molecular weight excluding hydrogens is 1440 g/mol. The van der Waals surface area contributed by atoms with E-state index < -0.39 is 31.1 Å². The van der Waals surface area contributed by atoms with E-state index in [9.17, 15) is 27.7 Å². The Labute approximate surface area is 636 Å². The SMILES string of the molecule is C.CCOP(=O)(OCC)N1CCCN(C(=O)c2ccc(-c3cnc(N)c(-c4nnc(-c5ccccc5)o4)n3)cc2F)CC1.Cc1ncc(-c2ccc(C(=O)N3CCNCC3)c(F)c2)nc1-c1nnc(-c2ccccc2)o1.Nc1ncc(-c2ccc(C(=O)N3CCCNCC3)c(F)c2)nc1-c1nnc(-c2ccccc2)o1.[HH].[HH].[HH].[HH]. The highest BCUT2D eigenvalue weighted by molar-refractivity contribution is 7.51. The van der Waals surface area contributed by atoms with Crippen LogP contribution in [0.5, 0.6) is 0 Å². The van der Waals surface area contributed by atoms with Gasteiger partial charge in [0.2, 0.25) is 17.7 Å². The van der Waals surface area contributed by atoms with Crippen LogP contribution in [0.3, 0.4) is 0 Å². The first-order chi connectivity index (χ1) is 53.0. The lowest BCUT2D eigenvalue weighted by Crippen LogP contribution is -2.46. The van der Waals surface area contributed by atoms with Crippen LogP contribution in [0.2, 0.25) is 0 Å². The summed E-state index contributed by atoms with van der Waals surface area (Å²) in [5, 5.41) is 30.9. The number of halogens is 3. The molecule has 9 heterocycles. The van der Waals surface area contributed by atoms with Crippen molar-refractivity contribution in [1.29, 1.82) is 0 Å². The van der Waals surface area contributed by atoms with Crippen molar-refractivity contribution in [2.45, 2.75) is 41.0 Å². The molecule has 12 aromatic rings. The van der Waals surface area contributed by atoms with Crippen LogP contribution in [0.25, 0.3) is 103 Å². The number of nitrogen functional groups attached to an aromatic ring is 2. The molecule has 110 heavy (non-hydrogen) atoms. The summed E-state index contributed by atoms with van der Waals surface area (Å²) in [5.74, 6) is -1.46. The number of aromatic nitrogens is 12. The maximum absolute atomic E-state index is 15.3. The highest BCUT2D eigenvalue weighted by atomic mass is 31.2. The van der Waals surface area contributed by atoms with Gasteiger partial charge in [-0.15, -0.1) is 30.6 Å². The Morgan fingerprint density at radius 2 is 0.800 bits per heavy atom. The second kappa shape index (κ2) is 35.7. The van der Waals surface area contributed by atoms with Crippen LogP contribution in [0.4, 0.5) is 24.8 Å². The summed E-state index contributed by atoms with van der Waals surface area (Å²) >= 11 is 0. The number of anilines is 2. The third kappa shape index (κ3) is 18.0. The number of hydrogen-bond acceptors (Lipinski definition) is 25. The van der Waals surface area contributed by atoms with E-state index in [-0.39, 0.29) is 109 Å². The van der Waals surface area contributed by atoms with E-state index in [1.807, 2.05) is 91.0 Å². The molecule has 0 saturated carbocycles. The number of rotatable bonds is 17. The number of aryl methyl sites for hydroxylation is 1. The fourth-order valence-electron chi connectivity index (χ4n) is 12.1. The van der Waals surface area contributed by atoms with Crippen molar-refractivity contribution in [3.8, 4) is 103 Å². The molecule has 0 spiro atoms. The zero-order valence-corrected chi connectivity index (χ0v) is 60.4. The summed E-state index contributed by atoms with van der Waals surface area (Å²) in [6, 6.07) is 41.0. The van der Waals surface area contributed by atoms with Crippen LogP contribution >= 0.6 is 7.75 Å². The van der Waals surface area contributed by atoms with E-state index in [0.29, 0.717) is 128 Å². The number of carbonyl (C=O) groups is 3. The van der Waals surface area contributed by atoms with Crippen LogP contribution in [0, 0.1) is 24.4 Å². The van der Waals surface area contributed by atoms with Gasteiger partial charge >= 0.3 is 7.75 Å². The minimum atomic E-state index is -3.46. The number of nitrogens with two attached hydrogens (primary N) is 2. The molecule has 0 bridgehead atoms. The number of benzene rings is 6. The van der Waals surface area contributed by atoms with Gasteiger partial charge in [0, 0.05) is 111 Å². The van der Waals surface area contributed by atoms with Crippen molar-refractivity contribution < 1.29 is 60.1 Å². The zero-order valence-electron chi connectivity index (χ0n) is 59.5. The molecule has 3 saturated heterocycles. The van der Waals surface area contributed by atoms with E-state index in [1.54, 1.807) is 64.5 Å². The van der Waals surface area contributed by atoms with Crippen LogP contribution in [0.1, 0.15) is 76.6 Å². The monoisotopic (exact) mass is 1520 g/mol. The molecule has 0 radical (unpaired) electrons. The Hall–Kier alpha value is -12.2. The highest BCUT2D eigenvalue weighted by Gasteiger charge is 2.36. The van der Waals surface area contributed by atoms with Crippen LogP contribution in [-0.4, -0.2) is 189 Å². The van der Waals surface area contributed by atoms with Gasteiger partial charge in [-0.1, -0.05) is 80.2 Å². The third-order valence-electron chi connectivity index (χ3n) is 17.7. The first-order valence-corrected chi connectivity index (χ1v) is 36.6. The normalized spacial score (nSPS) is 14.1. The molecule has 33 heteroatoms. The Bertz CT molecular complexity index is 5260. The second-order valence-corrected chi connectivity index (χ2v) is 26.9. The van der Waals surface area contributed by atoms with Crippen molar-refractivity contribution in [1.82, 2.24) is 90.5 Å². The molecule has 3 aliphatic heterocycles. The number of amides is 3. The summed E-state index contributed by atoms with van der Waals surface area (Å²) in [5.41, 5.74) is 18.2. The van der Waals surface area contributed by atoms with Crippen LogP contribution in [-0.2, 0) is 13.6 Å². The number of nitrogens with one attached hydrogen (secondary N) is 2. The van der Waals surface area contributed by atoms with Gasteiger partial charge in [-0.3, -0.25) is 28.4 Å². The summed E-state index contributed by atoms with van der Waals surface area (Å²) in [6.07, 6.45) is 5.75. The van der Waals surface area contributed by atoms with Gasteiger partial charge in [-0.25, -0.2) is 47.3 Å². The Morgan fingerprint density at radius 3 is 1.21 bits per heavy atom. The summed E-state index contributed by atoms with van der Waals surface area (Å²) in [7, 11) is -3.46. The topological polar surface area (TPSA) is 370 Å². The second-order valence-electron chi connectivity index (χ2n) is 24.9. The molecule has 3 aliphatic rings. The van der Waals surface area contributed by atoms with E-state index in [0.717, 1.165) is 29.7 Å². The van der Waals surface area contributed by atoms with Crippen molar-refractivity contribution >= 4 is 37.1 Å². The minimum absolute atomic E-state index is 0. The van der Waals surface area contributed by atoms with E-state index in [2.05, 4.69) is 71.1 Å². The van der Waals surface area contributed by atoms with Gasteiger partial charge in [-0.2, -0.15) is 0 Å². The quantitative estimate of drug-likeness (QED) is 0.0615. The van der Waals surface area contributed by atoms with Crippen LogP contribution < -0.4 is 22.1 Å². The zero-order chi connectivity index (χ0) is 76.0. The Morgan fingerprint density at radius 1 is 0.445 bits per heavy atom. The molecule has 3 fully saturated rings. The predicted octanol–water partition coefficient (Wildman–Crippen LogP) is 12.9. The average molecular weight is 1520 g/mol. The molecule has 0 aliphatic carbocycles. The highest BCUT2D eigenvalue weighted by Crippen LogP contribution is 2.52. The molecule has 0 atom stereocenters. The van der Waals surface area contributed by atoms with Crippen molar-refractivity contribution in [3.63, 3.8) is 0 Å². The van der Waals surface area contributed by atoms with E-state index in [1.165, 1.54) is 48.8 Å². The summed E-state index contributed by atoms with van der Waals surface area (Å²) in [4.78, 5) is 69.9. The molecular formula is C77H86F3N20O9P. The van der Waals surface area contributed by atoms with Crippen molar-refractivity contribution in [3.05, 3.63) is 204 Å². The largest absolute Gasteiger partial charge is 0.415 e. The van der Waals surface area contributed by atoms with Crippen molar-refractivity contribution in [2.75, 3.05) is 103 Å². The minimum Gasteiger partial charge on any atom is -0.415 e. The molecule has 15 rings (SSSR count). The Balaban J connectivity index is 0.000000211. The number of carbonyl (C=O) groups excluding carboxylic acids is 3. The summed E-state index contributed by atoms with van der Waals surface area (Å²) < 4.78 is 88.2. The van der Waals surface area contributed by atoms with Crippen LogP contribution in [0.15, 0.2) is 177 Å². The summed E-state index contributed by atoms with van der Waals surface area (Å²) in [6.45, 7) is 12.2. The van der Waals surface area contributed by atoms with Gasteiger partial charge in [0.15, 0.2) is 23.0 Å². The molecule has 3 amide bonds. The van der Waals surface area contributed by atoms with E-state index in [4.69, 9.17) is 33.8 Å². The standard InChI is InChI=1S/C28H31FN7O5P.C24H22FN7O2.C24H21FN6O2.CH4.4H2/c1-3-39-42(38,40-4-2)36-14-8-13-35(15-16-36)28(37)21-12-11-20(17-22(21)29)23-18-31-25(30)24(32-23)27-34-33-26(41-27)19-9-6-5-7-10-19;25-18-13-16(7-8-17(18)24(33)32-11-4-9-27-10-12-32)19-14-28-21(26)20(29-19)23-31-30-22(34-23)15-5-2-1-3-6-15;1-15-21(23-30-29-22(33-23)16-5-3-2-4-6-16)28-20(14-27-15)17-7-8-18(19(25)13-17)24(32)31-11-9-26-10-12-31;;;;;/h5-7,9-12,17-18H,3-4,8,13-16H2,1-2H3,(H2,30,31);1-3,5-8,13-14,27H,4,9-12H2,(H2,26,28);2-8,13-14,26H,9-12H2,1H3;1H4;4*1H. The van der Waals surface area contributed by atoms with Gasteiger partial charge in [0.25, 0.3) is 35.4 Å². The molecule has 574 valence electrons. The number of piperazine rings is 1. The predicted molar refractivity (Wildman–Crippen MR) is 412 cm³/mol. The van der Waals surface area contributed by atoms with Gasteiger partial charge in [0.05, 0.1) is 71.3 Å². The van der Waals surface area contributed by atoms with Gasteiger partial charge in [-0.05, 0) is 113 Å².